The zero-order chi connectivity index (χ0) is 16.4. The summed E-state index contributed by atoms with van der Waals surface area (Å²) in [4.78, 5) is 13.8. The molecule has 0 bridgehead atoms. The Morgan fingerprint density at radius 1 is 1.43 bits per heavy atom. The number of carbonyl (C=O) groups excluding carboxylic acids is 1. The van der Waals surface area contributed by atoms with Gasteiger partial charge in [-0.2, -0.15) is 0 Å². The van der Waals surface area contributed by atoms with Crippen molar-refractivity contribution in [1.29, 1.82) is 0 Å². The van der Waals surface area contributed by atoms with E-state index in [1.54, 1.807) is 0 Å². The minimum atomic E-state index is -0.462. The molecule has 2 aromatic rings. The van der Waals surface area contributed by atoms with Gasteiger partial charge in [0.25, 0.3) is 0 Å². The first-order chi connectivity index (χ1) is 11.1. The van der Waals surface area contributed by atoms with Crippen LogP contribution in [0.5, 0.6) is 0 Å². The molecule has 0 spiro atoms. The first kappa shape index (κ1) is 15.8. The van der Waals surface area contributed by atoms with Gasteiger partial charge in [0.05, 0.1) is 26.3 Å². The number of methoxy groups -OCH3 is 1. The van der Waals surface area contributed by atoms with Crippen molar-refractivity contribution in [2.45, 2.75) is 25.9 Å². The second kappa shape index (κ2) is 6.56. The molecule has 5 nitrogen and oxygen atoms in total. The average molecular weight is 315 g/mol. The third-order valence-corrected chi connectivity index (χ3v) is 4.39. The average Bonchev–Trinajstić information content (AvgIpc) is 2.94. The Kier molecular flexibility index (Phi) is 4.50. The Hall–Kier alpha value is -2.11. The minimum Gasteiger partial charge on any atom is -0.463 e. The van der Waals surface area contributed by atoms with E-state index in [0.29, 0.717) is 12.3 Å². The lowest BCUT2D eigenvalue weighted by Gasteiger charge is -2.35. The first-order valence-corrected chi connectivity index (χ1v) is 7.74. The van der Waals surface area contributed by atoms with Crippen LogP contribution in [0.25, 0.3) is 0 Å². The van der Waals surface area contributed by atoms with Crippen LogP contribution in [0.15, 0.2) is 34.7 Å². The van der Waals surface area contributed by atoms with Crippen LogP contribution < -0.4 is 0 Å². The van der Waals surface area contributed by atoms with E-state index in [4.69, 9.17) is 9.15 Å². The molecular weight excluding hydrogens is 294 g/mol. The van der Waals surface area contributed by atoms with Crippen molar-refractivity contribution >= 4 is 5.97 Å². The molecule has 1 aromatic heterocycles. The molecule has 5 heteroatoms. The van der Waals surface area contributed by atoms with Crippen LogP contribution in [0.2, 0.25) is 0 Å². The maximum Gasteiger partial charge on any atom is 0.374 e. The molecule has 1 aliphatic rings. The molecule has 0 aliphatic carbocycles. The highest BCUT2D eigenvalue weighted by Gasteiger charge is 2.28. The molecule has 0 radical (unpaired) electrons. The summed E-state index contributed by atoms with van der Waals surface area (Å²) < 4.78 is 10.4. The van der Waals surface area contributed by atoms with E-state index >= 15 is 0 Å². The van der Waals surface area contributed by atoms with Gasteiger partial charge in [0, 0.05) is 12.1 Å². The molecule has 23 heavy (non-hydrogen) atoms. The van der Waals surface area contributed by atoms with Gasteiger partial charge in [-0.15, -0.1) is 0 Å². The van der Waals surface area contributed by atoms with Gasteiger partial charge in [-0.25, -0.2) is 4.79 Å². The van der Waals surface area contributed by atoms with Gasteiger partial charge in [0.1, 0.15) is 5.76 Å². The predicted molar refractivity (Wildman–Crippen MR) is 85.2 cm³/mol. The maximum atomic E-state index is 11.7. The summed E-state index contributed by atoms with van der Waals surface area (Å²) >= 11 is 0. The summed E-state index contributed by atoms with van der Waals surface area (Å²) in [6.45, 7) is 3.28. The number of carbonyl (C=O) groups is 1. The number of hydrogen-bond acceptors (Lipinski definition) is 5. The van der Waals surface area contributed by atoms with Crippen molar-refractivity contribution < 1.29 is 19.1 Å². The standard InChI is InChI=1S/C18H21NO4/c1-12-9-14(23-17(12)18(21)22-2)10-19-8-7-13-5-3-4-6-15(13)16(19)11-20/h3-6,9,16,20H,7-8,10-11H2,1-2H3. The van der Waals surface area contributed by atoms with Gasteiger partial charge >= 0.3 is 5.97 Å². The smallest absolute Gasteiger partial charge is 0.374 e. The zero-order valence-electron chi connectivity index (χ0n) is 13.4. The molecule has 1 aromatic carbocycles. The fourth-order valence-electron chi connectivity index (χ4n) is 3.23. The van der Waals surface area contributed by atoms with Crippen LogP contribution in [0, 0.1) is 6.92 Å². The number of rotatable bonds is 4. The van der Waals surface area contributed by atoms with Gasteiger partial charge in [0.2, 0.25) is 5.76 Å². The Morgan fingerprint density at radius 2 is 2.22 bits per heavy atom. The number of ether oxygens (including phenoxy) is 1. The molecular formula is C18H21NO4. The number of aliphatic hydroxyl groups excluding tert-OH is 1. The lowest BCUT2D eigenvalue weighted by molar-refractivity contribution is 0.0555. The van der Waals surface area contributed by atoms with Crippen molar-refractivity contribution in [2.75, 3.05) is 20.3 Å². The van der Waals surface area contributed by atoms with Crippen molar-refractivity contribution in [3.63, 3.8) is 0 Å². The lowest BCUT2D eigenvalue weighted by atomic mass is 9.93. The fourth-order valence-corrected chi connectivity index (χ4v) is 3.23. The van der Waals surface area contributed by atoms with Crippen molar-refractivity contribution in [3.8, 4) is 0 Å². The number of nitrogens with zero attached hydrogens (tertiary/aromatic N) is 1. The topological polar surface area (TPSA) is 62.9 Å². The number of fused-ring (bicyclic) bond motifs is 1. The number of benzene rings is 1. The van der Waals surface area contributed by atoms with Crippen LogP contribution in [0.1, 0.15) is 39.0 Å². The van der Waals surface area contributed by atoms with Gasteiger partial charge in [0.15, 0.2) is 0 Å². The molecule has 3 rings (SSSR count). The van der Waals surface area contributed by atoms with E-state index in [9.17, 15) is 9.90 Å². The largest absolute Gasteiger partial charge is 0.463 e. The summed E-state index contributed by atoms with van der Waals surface area (Å²) in [5.41, 5.74) is 3.22. The maximum absolute atomic E-state index is 11.7. The Morgan fingerprint density at radius 3 is 2.96 bits per heavy atom. The minimum absolute atomic E-state index is 0.0491. The molecule has 0 amide bonds. The van der Waals surface area contributed by atoms with Crippen LogP contribution in [-0.2, 0) is 17.7 Å². The molecule has 0 fully saturated rings. The van der Waals surface area contributed by atoms with E-state index in [1.807, 2.05) is 25.1 Å². The zero-order valence-corrected chi connectivity index (χ0v) is 13.4. The summed E-state index contributed by atoms with van der Waals surface area (Å²) in [6.07, 6.45) is 0.941. The van der Waals surface area contributed by atoms with Crippen molar-refractivity contribution in [3.05, 3.63) is 58.5 Å². The van der Waals surface area contributed by atoms with Gasteiger partial charge in [-0.1, -0.05) is 24.3 Å². The highest BCUT2D eigenvalue weighted by molar-refractivity contribution is 5.87. The van der Waals surface area contributed by atoms with Crippen LogP contribution in [0.3, 0.4) is 0 Å². The third-order valence-electron chi connectivity index (χ3n) is 4.39. The van der Waals surface area contributed by atoms with E-state index in [2.05, 4.69) is 17.0 Å². The monoisotopic (exact) mass is 315 g/mol. The van der Waals surface area contributed by atoms with E-state index < -0.39 is 5.97 Å². The molecule has 1 aliphatic heterocycles. The Labute approximate surface area is 135 Å². The number of aliphatic hydroxyl groups is 1. The van der Waals surface area contributed by atoms with Crippen molar-refractivity contribution in [2.24, 2.45) is 0 Å². The lowest BCUT2D eigenvalue weighted by Crippen LogP contribution is -2.36. The Bertz CT molecular complexity index is 707. The molecule has 0 saturated carbocycles. The molecule has 1 N–H and O–H groups in total. The summed E-state index contributed by atoms with van der Waals surface area (Å²) in [5.74, 6) is 0.498. The second-order valence-corrected chi connectivity index (χ2v) is 5.83. The van der Waals surface area contributed by atoms with E-state index in [1.165, 1.54) is 12.7 Å². The predicted octanol–water partition coefficient (Wildman–Crippen LogP) is 2.47. The number of aryl methyl sites for hydroxylation is 1. The number of esters is 1. The van der Waals surface area contributed by atoms with Crippen LogP contribution in [-0.4, -0.2) is 36.2 Å². The normalized spacial score (nSPS) is 17.8. The van der Waals surface area contributed by atoms with Gasteiger partial charge in [-0.05, 0) is 30.5 Å². The Balaban J connectivity index is 1.82. The first-order valence-electron chi connectivity index (χ1n) is 7.74. The molecule has 1 unspecified atom stereocenters. The number of hydrogen-bond donors (Lipinski definition) is 1. The van der Waals surface area contributed by atoms with Crippen LogP contribution >= 0.6 is 0 Å². The quantitative estimate of drug-likeness (QED) is 0.878. The van der Waals surface area contributed by atoms with Crippen molar-refractivity contribution in [1.82, 2.24) is 4.90 Å². The molecule has 122 valence electrons. The van der Waals surface area contributed by atoms with E-state index in [-0.39, 0.29) is 18.4 Å². The van der Waals surface area contributed by atoms with E-state index in [0.717, 1.165) is 24.1 Å². The van der Waals surface area contributed by atoms with Crippen LogP contribution in [0.4, 0.5) is 0 Å². The van der Waals surface area contributed by atoms with Gasteiger partial charge < -0.3 is 14.3 Å². The van der Waals surface area contributed by atoms with Gasteiger partial charge in [-0.3, -0.25) is 4.90 Å². The summed E-state index contributed by atoms with van der Waals surface area (Å²) in [7, 11) is 1.34. The third kappa shape index (κ3) is 3.02. The SMILES string of the molecule is COC(=O)c1oc(CN2CCc3ccccc3C2CO)cc1C. The molecule has 1 atom stereocenters. The number of furan rings is 1. The highest BCUT2D eigenvalue weighted by Crippen LogP contribution is 2.31. The fraction of sp³-hybridized carbons (Fsp3) is 0.389. The highest BCUT2D eigenvalue weighted by atomic mass is 16.5. The second-order valence-electron chi connectivity index (χ2n) is 5.83. The summed E-state index contributed by atoms with van der Waals surface area (Å²) in [5, 5.41) is 9.83. The summed E-state index contributed by atoms with van der Waals surface area (Å²) in [6, 6.07) is 10.0. The molecule has 0 saturated heterocycles. The molecule has 2 heterocycles.